The first-order chi connectivity index (χ1) is 7.74. The zero-order valence-electron chi connectivity index (χ0n) is 9.58. The van der Waals surface area contributed by atoms with E-state index in [0.717, 1.165) is 35.8 Å². The first-order valence-electron chi connectivity index (χ1n) is 5.55. The van der Waals surface area contributed by atoms with Crippen LogP contribution in [0, 0.1) is 6.92 Å². The maximum Gasteiger partial charge on any atom is 0.119 e. The van der Waals surface area contributed by atoms with Gasteiger partial charge in [0.05, 0.1) is 26.3 Å². The number of nitrogens with two attached hydrogens (primary N) is 1. The van der Waals surface area contributed by atoms with Crippen molar-refractivity contribution in [3.63, 3.8) is 0 Å². The summed E-state index contributed by atoms with van der Waals surface area (Å²) < 4.78 is 5.58. The van der Waals surface area contributed by atoms with E-state index in [-0.39, 0.29) is 6.61 Å². The second-order valence-corrected chi connectivity index (χ2v) is 4.11. The van der Waals surface area contributed by atoms with E-state index in [1.165, 1.54) is 0 Å². The van der Waals surface area contributed by atoms with E-state index in [1.54, 1.807) is 0 Å². The fraction of sp³-hybridized carbons (Fsp3) is 0.500. The molecule has 0 saturated heterocycles. The Morgan fingerprint density at radius 3 is 2.88 bits per heavy atom. The van der Waals surface area contributed by atoms with Crippen LogP contribution in [-0.2, 0) is 0 Å². The van der Waals surface area contributed by atoms with Crippen LogP contribution in [0.25, 0.3) is 0 Å². The third-order valence-corrected chi connectivity index (χ3v) is 2.71. The Bertz CT molecular complexity index is 318. The Hall–Kier alpha value is -0.770. The monoisotopic (exact) mass is 244 g/mol. The standard InChI is InChI=1S/C12H18ClNO2/c1-10-9-11(3-4-12(10)13)16-8-2-5-14-6-7-15/h3-4,9,14-15H,2,5-8H2,1H3/p+1. The molecule has 1 aromatic rings. The normalized spacial score (nSPS) is 10.4. The summed E-state index contributed by atoms with van der Waals surface area (Å²) in [5.41, 5.74) is 1.03. The predicted molar refractivity (Wildman–Crippen MR) is 65.0 cm³/mol. The molecule has 90 valence electrons. The maximum atomic E-state index is 8.58. The van der Waals surface area contributed by atoms with Gasteiger partial charge in [0.15, 0.2) is 0 Å². The third kappa shape index (κ3) is 4.84. The molecule has 1 rings (SSSR count). The molecule has 4 heteroatoms. The quantitative estimate of drug-likeness (QED) is 0.703. The topological polar surface area (TPSA) is 46.1 Å². The number of quaternary nitrogens is 1. The summed E-state index contributed by atoms with van der Waals surface area (Å²) in [6.07, 6.45) is 0.974. The molecule has 0 aliphatic carbocycles. The van der Waals surface area contributed by atoms with Gasteiger partial charge in [0.1, 0.15) is 5.75 Å². The lowest BCUT2D eigenvalue weighted by Gasteiger charge is -2.07. The highest BCUT2D eigenvalue weighted by atomic mass is 35.5. The Morgan fingerprint density at radius 2 is 2.19 bits per heavy atom. The molecule has 0 radical (unpaired) electrons. The lowest BCUT2D eigenvalue weighted by Crippen LogP contribution is -2.85. The number of ether oxygens (including phenoxy) is 1. The smallest absolute Gasteiger partial charge is 0.119 e. The fourth-order valence-electron chi connectivity index (χ4n) is 1.36. The maximum absolute atomic E-state index is 8.58. The SMILES string of the molecule is Cc1cc(OCCC[NH2+]CCO)ccc1Cl. The summed E-state index contributed by atoms with van der Waals surface area (Å²) in [6.45, 7) is 4.64. The molecule has 3 N–H and O–H groups in total. The van der Waals surface area contributed by atoms with Gasteiger partial charge in [-0.1, -0.05) is 11.6 Å². The van der Waals surface area contributed by atoms with Gasteiger partial charge in [-0.25, -0.2) is 0 Å². The van der Waals surface area contributed by atoms with Crippen LogP contribution < -0.4 is 10.1 Å². The zero-order chi connectivity index (χ0) is 11.8. The summed E-state index contributed by atoms with van der Waals surface area (Å²) in [7, 11) is 0. The van der Waals surface area contributed by atoms with Gasteiger partial charge in [-0.3, -0.25) is 0 Å². The van der Waals surface area contributed by atoms with Gasteiger partial charge in [0.2, 0.25) is 0 Å². The van der Waals surface area contributed by atoms with Gasteiger partial charge in [-0.2, -0.15) is 0 Å². The molecular weight excluding hydrogens is 226 g/mol. The van der Waals surface area contributed by atoms with Crippen molar-refractivity contribution in [3.8, 4) is 5.75 Å². The minimum atomic E-state index is 0.233. The largest absolute Gasteiger partial charge is 0.493 e. The molecule has 0 spiro atoms. The van der Waals surface area contributed by atoms with E-state index in [2.05, 4.69) is 5.32 Å². The van der Waals surface area contributed by atoms with E-state index in [4.69, 9.17) is 21.4 Å². The minimum absolute atomic E-state index is 0.233. The van der Waals surface area contributed by atoms with Crippen LogP contribution in [0.3, 0.4) is 0 Å². The molecule has 0 saturated carbocycles. The molecule has 1 aromatic carbocycles. The first kappa shape index (κ1) is 13.3. The van der Waals surface area contributed by atoms with Gasteiger partial charge in [0, 0.05) is 11.4 Å². The van der Waals surface area contributed by atoms with E-state index < -0.39 is 0 Å². The summed E-state index contributed by atoms with van der Waals surface area (Å²) in [6, 6.07) is 5.68. The number of benzene rings is 1. The van der Waals surface area contributed by atoms with Crippen molar-refractivity contribution in [1.82, 2.24) is 0 Å². The number of halogens is 1. The second kappa shape index (κ2) is 7.49. The van der Waals surface area contributed by atoms with E-state index in [0.29, 0.717) is 6.61 Å². The molecule has 0 atom stereocenters. The summed E-state index contributed by atoms with van der Waals surface area (Å²) in [4.78, 5) is 0. The second-order valence-electron chi connectivity index (χ2n) is 3.70. The Kier molecular flexibility index (Phi) is 6.23. The Balaban J connectivity index is 2.19. The number of rotatable bonds is 7. The number of hydrogen-bond donors (Lipinski definition) is 2. The van der Waals surface area contributed by atoms with Crippen LogP contribution in [0.15, 0.2) is 18.2 Å². The van der Waals surface area contributed by atoms with Gasteiger partial charge in [0.25, 0.3) is 0 Å². The molecule has 0 aliphatic rings. The van der Waals surface area contributed by atoms with E-state index in [1.807, 2.05) is 25.1 Å². The Morgan fingerprint density at radius 1 is 1.38 bits per heavy atom. The summed E-state index contributed by atoms with van der Waals surface area (Å²) in [5, 5.41) is 11.4. The van der Waals surface area contributed by atoms with Crippen LogP contribution in [-0.4, -0.2) is 31.4 Å². The highest BCUT2D eigenvalue weighted by Crippen LogP contribution is 2.20. The molecule has 0 fully saturated rings. The molecule has 0 unspecified atom stereocenters. The molecule has 16 heavy (non-hydrogen) atoms. The van der Waals surface area contributed by atoms with Crippen LogP contribution in [0.4, 0.5) is 0 Å². The number of aliphatic hydroxyl groups is 1. The average Bonchev–Trinajstić information content (AvgIpc) is 2.28. The number of aryl methyl sites for hydroxylation is 1. The van der Waals surface area contributed by atoms with E-state index >= 15 is 0 Å². The van der Waals surface area contributed by atoms with Gasteiger partial charge in [-0.15, -0.1) is 0 Å². The van der Waals surface area contributed by atoms with Crippen molar-refractivity contribution in [1.29, 1.82) is 0 Å². The molecular formula is C12H19ClNO2+. The Labute approximate surface area is 101 Å². The van der Waals surface area contributed by atoms with Gasteiger partial charge >= 0.3 is 0 Å². The zero-order valence-corrected chi connectivity index (χ0v) is 10.3. The lowest BCUT2D eigenvalue weighted by molar-refractivity contribution is -0.656. The van der Waals surface area contributed by atoms with Crippen LogP contribution in [0.1, 0.15) is 12.0 Å². The van der Waals surface area contributed by atoms with Crippen LogP contribution in [0.2, 0.25) is 5.02 Å². The van der Waals surface area contributed by atoms with E-state index in [9.17, 15) is 0 Å². The summed E-state index contributed by atoms with van der Waals surface area (Å²) in [5.74, 6) is 0.865. The first-order valence-corrected chi connectivity index (χ1v) is 5.93. The number of aliphatic hydroxyl groups excluding tert-OH is 1. The highest BCUT2D eigenvalue weighted by molar-refractivity contribution is 6.31. The van der Waals surface area contributed by atoms with Gasteiger partial charge < -0.3 is 15.2 Å². The van der Waals surface area contributed by atoms with Crippen LogP contribution >= 0.6 is 11.6 Å². The molecule has 0 aromatic heterocycles. The predicted octanol–water partition coefficient (Wildman–Crippen LogP) is 0.973. The molecule has 0 amide bonds. The van der Waals surface area contributed by atoms with Crippen molar-refractivity contribution in [3.05, 3.63) is 28.8 Å². The highest BCUT2D eigenvalue weighted by Gasteiger charge is 1.98. The van der Waals surface area contributed by atoms with Crippen LogP contribution in [0.5, 0.6) is 5.75 Å². The van der Waals surface area contributed by atoms with Crippen molar-refractivity contribution < 1.29 is 15.2 Å². The fourth-order valence-corrected chi connectivity index (χ4v) is 1.48. The van der Waals surface area contributed by atoms with Crippen molar-refractivity contribution in [2.75, 3.05) is 26.3 Å². The summed E-state index contributed by atoms with van der Waals surface area (Å²) >= 11 is 5.91. The molecule has 0 heterocycles. The number of hydrogen-bond acceptors (Lipinski definition) is 2. The molecule has 3 nitrogen and oxygen atoms in total. The van der Waals surface area contributed by atoms with Crippen molar-refractivity contribution in [2.24, 2.45) is 0 Å². The van der Waals surface area contributed by atoms with Crippen molar-refractivity contribution in [2.45, 2.75) is 13.3 Å². The minimum Gasteiger partial charge on any atom is -0.493 e. The average molecular weight is 245 g/mol. The van der Waals surface area contributed by atoms with Gasteiger partial charge in [-0.05, 0) is 30.7 Å². The lowest BCUT2D eigenvalue weighted by atomic mass is 10.2. The third-order valence-electron chi connectivity index (χ3n) is 2.28. The molecule has 0 bridgehead atoms. The molecule has 0 aliphatic heterocycles. The van der Waals surface area contributed by atoms with Crippen molar-refractivity contribution >= 4 is 11.6 Å².